The molecular weight excluding hydrogens is 416 g/mol. The fourth-order valence-electron chi connectivity index (χ4n) is 3.11. The van der Waals surface area contributed by atoms with E-state index in [9.17, 15) is 4.79 Å². The molecule has 2 aromatic carbocycles. The van der Waals surface area contributed by atoms with E-state index in [1.807, 2.05) is 41.1 Å². The number of nitrogens with two attached hydrogens (primary N) is 1. The molecule has 7 nitrogen and oxygen atoms in total. The fraction of sp³-hybridized carbons (Fsp3) is 0.261. The van der Waals surface area contributed by atoms with Crippen molar-refractivity contribution in [3.8, 4) is 28.7 Å². The SMILES string of the molecule is COc1c(Oc2ccc(CCN)cc2)cc(C(=O)NCc2ccsc2)c(OC)c1OC. The Morgan fingerprint density at radius 1 is 0.968 bits per heavy atom. The summed E-state index contributed by atoms with van der Waals surface area (Å²) >= 11 is 1.57. The van der Waals surface area contributed by atoms with Gasteiger partial charge in [0.1, 0.15) is 5.75 Å². The van der Waals surface area contributed by atoms with Gasteiger partial charge in [0.05, 0.1) is 26.9 Å². The fourth-order valence-corrected chi connectivity index (χ4v) is 3.78. The summed E-state index contributed by atoms with van der Waals surface area (Å²) in [5.74, 6) is 1.51. The summed E-state index contributed by atoms with van der Waals surface area (Å²) in [5, 5.41) is 6.84. The minimum absolute atomic E-state index is 0.271. The summed E-state index contributed by atoms with van der Waals surface area (Å²) in [6.07, 6.45) is 0.786. The van der Waals surface area contributed by atoms with Crippen molar-refractivity contribution in [3.63, 3.8) is 0 Å². The molecule has 3 N–H and O–H groups in total. The van der Waals surface area contributed by atoms with Gasteiger partial charge in [-0.05, 0) is 53.1 Å². The number of hydrogen-bond acceptors (Lipinski definition) is 7. The van der Waals surface area contributed by atoms with Gasteiger partial charge in [-0.25, -0.2) is 0 Å². The van der Waals surface area contributed by atoms with E-state index < -0.39 is 0 Å². The van der Waals surface area contributed by atoms with Crippen LogP contribution in [0.5, 0.6) is 28.7 Å². The minimum Gasteiger partial charge on any atom is -0.492 e. The maximum atomic E-state index is 13.0. The second kappa shape index (κ2) is 10.7. The number of hydrogen-bond donors (Lipinski definition) is 2. The molecule has 3 rings (SSSR count). The van der Waals surface area contributed by atoms with Gasteiger partial charge in [0.25, 0.3) is 5.91 Å². The molecule has 31 heavy (non-hydrogen) atoms. The molecule has 0 saturated heterocycles. The lowest BCUT2D eigenvalue weighted by molar-refractivity contribution is 0.0946. The predicted octanol–water partition coefficient (Wildman–Crippen LogP) is 4.00. The number of amides is 1. The van der Waals surface area contributed by atoms with Gasteiger partial charge in [0.15, 0.2) is 11.5 Å². The van der Waals surface area contributed by atoms with Crippen LogP contribution in [-0.4, -0.2) is 33.8 Å². The van der Waals surface area contributed by atoms with Gasteiger partial charge in [-0.3, -0.25) is 4.79 Å². The van der Waals surface area contributed by atoms with E-state index in [0.717, 1.165) is 17.5 Å². The van der Waals surface area contributed by atoms with Crippen molar-refractivity contribution in [2.24, 2.45) is 5.73 Å². The normalized spacial score (nSPS) is 10.5. The lowest BCUT2D eigenvalue weighted by Gasteiger charge is -2.19. The highest BCUT2D eigenvalue weighted by Gasteiger charge is 2.26. The Balaban J connectivity index is 1.95. The van der Waals surface area contributed by atoms with Gasteiger partial charge >= 0.3 is 0 Å². The number of rotatable bonds is 10. The number of ether oxygens (including phenoxy) is 4. The number of benzene rings is 2. The monoisotopic (exact) mass is 442 g/mol. The first kappa shape index (κ1) is 22.5. The van der Waals surface area contributed by atoms with Crippen molar-refractivity contribution in [1.29, 1.82) is 0 Å². The summed E-state index contributed by atoms with van der Waals surface area (Å²) in [6, 6.07) is 11.1. The predicted molar refractivity (Wildman–Crippen MR) is 121 cm³/mol. The molecule has 3 aromatic rings. The van der Waals surface area contributed by atoms with E-state index in [1.54, 1.807) is 17.4 Å². The second-order valence-electron chi connectivity index (χ2n) is 6.62. The van der Waals surface area contributed by atoms with Crippen LogP contribution < -0.4 is 30.0 Å². The Hall–Kier alpha value is -3.23. The number of carbonyl (C=O) groups is 1. The van der Waals surface area contributed by atoms with Crippen LogP contribution >= 0.6 is 11.3 Å². The van der Waals surface area contributed by atoms with Crippen LogP contribution in [0.25, 0.3) is 0 Å². The third-order valence-corrected chi connectivity index (χ3v) is 5.36. The number of thiophene rings is 1. The topological polar surface area (TPSA) is 92.0 Å². The van der Waals surface area contributed by atoms with E-state index in [1.165, 1.54) is 21.3 Å². The molecule has 0 aliphatic heterocycles. The lowest BCUT2D eigenvalue weighted by Crippen LogP contribution is -2.23. The summed E-state index contributed by atoms with van der Waals surface area (Å²) in [5.41, 5.74) is 8.03. The van der Waals surface area contributed by atoms with Crippen molar-refractivity contribution >= 4 is 17.2 Å². The molecule has 0 atom stereocenters. The summed E-state index contributed by atoms with van der Waals surface area (Å²) in [7, 11) is 4.47. The van der Waals surface area contributed by atoms with E-state index >= 15 is 0 Å². The van der Waals surface area contributed by atoms with Crippen LogP contribution in [0.15, 0.2) is 47.2 Å². The first-order valence-electron chi connectivity index (χ1n) is 9.70. The van der Waals surface area contributed by atoms with Crippen LogP contribution in [0.3, 0.4) is 0 Å². The van der Waals surface area contributed by atoms with Gasteiger partial charge in [-0.15, -0.1) is 0 Å². The zero-order valence-corrected chi connectivity index (χ0v) is 18.6. The van der Waals surface area contributed by atoms with Gasteiger partial charge in [-0.2, -0.15) is 11.3 Å². The highest BCUT2D eigenvalue weighted by molar-refractivity contribution is 7.07. The third-order valence-electron chi connectivity index (χ3n) is 4.63. The molecule has 8 heteroatoms. The molecule has 0 saturated carbocycles. The second-order valence-corrected chi connectivity index (χ2v) is 7.40. The van der Waals surface area contributed by atoms with E-state index in [2.05, 4.69) is 5.32 Å². The number of carbonyl (C=O) groups excluding carboxylic acids is 1. The maximum Gasteiger partial charge on any atom is 0.255 e. The molecule has 0 radical (unpaired) electrons. The molecule has 1 aromatic heterocycles. The Bertz CT molecular complexity index is 1000. The molecule has 0 aliphatic rings. The molecule has 0 bridgehead atoms. The van der Waals surface area contributed by atoms with Gasteiger partial charge in [0.2, 0.25) is 11.5 Å². The number of methoxy groups -OCH3 is 3. The lowest BCUT2D eigenvalue weighted by atomic mass is 10.1. The van der Waals surface area contributed by atoms with Gasteiger partial charge in [-0.1, -0.05) is 12.1 Å². The average Bonchev–Trinajstić information content (AvgIpc) is 3.31. The van der Waals surface area contributed by atoms with Gasteiger partial charge in [0, 0.05) is 12.6 Å². The molecular formula is C23H26N2O5S. The largest absolute Gasteiger partial charge is 0.492 e. The molecule has 0 fully saturated rings. The Morgan fingerprint density at radius 3 is 2.26 bits per heavy atom. The zero-order chi connectivity index (χ0) is 22.2. The maximum absolute atomic E-state index is 13.0. The first-order valence-corrected chi connectivity index (χ1v) is 10.6. The molecule has 0 unspecified atom stereocenters. The Kier molecular flexibility index (Phi) is 7.75. The first-order chi connectivity index (χ1) is 15.1. The number of nitrogens with one attached hydrogen (secondary N) is 1. The highest BCUT2D eigenvalue weighted by atomic mass is 32.1. The third kappa shape index (κ3) is 5.28. The summed E-state index contributed by atoms with van der Waals surface area (Å²) in [4.78, 5) is 13.0. The van der Waals surface area contributed by atoms with Crippen molar-refractivity contribution in [2.45, 2.75) is 13.0 Å². The Morgan fingerprint density at radius 2 is 1.68 bits per heavy atom. The molecule has 0 spiro atoms. The van der Waals surface area contributed by atoms with Gasteiger partial charge < -0.3 is 30.0 Å². The smallest absolute Gasteiger partial charge is 0.255 e. The molecule has 1 amide bonds. The summed E-state index contributed by atoms with van der Waals surface area (Å²) < 4.78 is 22.6. The molecule has 1 heterocycles. The molecule has 0 aliphatic carbocycles. The van der Waals surface area contributed by atoms with Crippen LogP contribution in [0.1, 0.15) is 21.5 Å². The minimum atomic E-state index is -0.313. The zero-order valence-electron chi connectivity index (χ0n) is 17.8. The van der Waals surface area contributed by atoms with E-state index in [4.69, 9.17) is 24.7 Å². The van der Waals surface area contributed by atoms with Crippen LogP contribution in [0, 0.1) is 0 Å². The van der Waals surface area contributed by atoms with Crippen molar-refractivity contribution in [2.75, 3.05) is 27.9 Å². The van der Waals surface area contributed by atoms with Crippen LogP contribution in [0.4, 0.5) is 0 Å². The molecule has 164 valence electrons. The average molecular weight is 443 g/mol. The highest BCUT2D eigenvalue weighted by Crippen LogP contribution is 2.47. The standard InChI is InChI=1S/C23H26N2O5S/c1-27-20-18(23(26)25-13-16-9-11-31-14-16)12-19(21(28-2)22(20)29-3)30-17-6-4-15(5-7-17)8-10-24/h4-7,9,11-12,14H,8,10,13,24H2,1-3H3,(H,25,26). The van der Waals surface area contributed by atoms with Crippen LogP contribution in [0.2, 0.25) is 0 Å². The van der Waals surface area contributed by atoms with E-state index in [0.29, 0.717) is 30.3 Å². The Labute approximate surface area is 185 Å². The van der Waals surface area contributed by atoms with Crippen molar-refractivity contribution in [3.05, 3.63) is 63.8 Å². The quantitative estimate of drug-likeness (QED) is 0.493. The summed E-state index contributed by atoms with van der Waals surface area (Å²) in [6.45, 7) is 0.978. The van der Waals surface area contributed by atoms with Crippen molar-refractivity contribution in [1.82, 2.24) is 5.32 Å². The van der Waals surface area contributed by atoms with Crippen molar-refractivity contribution < 1.29 is 23.7 Å². The van der Waals surface area contributed by atoms with Crippen LogP contribution in [-0.2, 0) is 13.0 Å². The van der Waals surface area contributed by atoms with E-state index in [-0.39, 0.29) is 23.0 Å².